The Labute approximate surface area is 163 Å². The van der Waals surface area contributed by atoms with Gasteiger partial charge in [0.15, 0.2) is 0 Å². The van der Waals surface area contributed by atoms with E-state index in [1.54, 1.807) is 0 Å². The highest BCUT2D eigenvalue weighted by Crippen LogP contribution is 2.21. The number of aryl methyl sites for hydroxylation is 3. The number of hydrogen-bond donors (Lipinski definition) is 1. The maximum Gasteiger partial charge on any atom is 0.224 e. The van der Waals surface area contributed by atoms with Gasteiger partial charge < -0.3 is 15.1 Å². The van der Waals surface area contributed by atoms with E-state index in [4.69, 9.17) is 0 Å². The predicted molar refractivity (Wildman–Crippen MR) is 114 cm³/mol. The summed E-state index contributed by atoms with van der Waals surface area (Å²) in [6, 6.07) is 15.0. The zero-order chi connectivity index (χ0) is 19.2. The lowest BCUT2D eigenvalue weighted by Gasteiger charge is -2.36. The molecule has 0 atom stereocenters. The number of benzene rings is 2. The minimum absolute atomic E-state index is 0.248. The number of anilines is 2. The first-order valence-corrected chi connectivity index (χ1v) is 10.00. The number of piperazine rings is 1. The normalized spacial score (nSPS) is 14.3. The summed E-state index contributed by atoms with van der Waals surface area (Å²) in [5, 5.41) is 3.49. The van der Waals surface area contributed by atoms with Crippen LogP contribution in [0, 0.1) is 13.8 Å². The number of nitrogens with one attached hydrogen (secondary N) is 1. The summed E-state index contributed by atoms with van der Waals surface area (Å²) in [5.74, 6) is 0.248. The molecule has 0 saturated carbocycles. The van der Waals surface area contributed by atoms with Crippen molar-refractivity contribution >= 4 is 17.3 Å². The van der Waals surface area contributed by atoms with Gasteiger partial charge in [0.1, 0.15) is 0 Å². The number of hydrogen-bond acceptors (Lipinski definition) is 3. The molecular weight excluding hydrogens is 334 g/mol. The fraction of sp³-hybridized carbons (Fsp3) is 0.435. The maximum atomic E-state index is 12.6. The molecule has 4 heteroatoms. The largest absolute Gasteiger partial charge is 0.384 e. The average molecular weight is 366 g/mol. The summed E-state index contributed by atoms with van der Waals surface area (Å²) in [6.45, 7) is 10.5. The molecule has 2 aromatic rings. The second-order valence-corrected chi connectivity index (χ2v) is 7.35. The maximum absolute atomic E-state index is 12.6. The Morgan fingerprint density at radius 3 is 2.48 bits per heavy atom. The molecule has 144 valence electrons. The van der Waals surface area contributed by atoms with Crippen molar-refractivity contribution in [1.29, 1.82) is 0 Å². The molecule has 1 aliphatic heterocycles. The number of carbonyl (C=O) groups excluding carboxylic acids is 1. The van der Waals surface area contributed by atoms with Gasteiger partial charge in [0.05, 0.1) is 0 Å². The van der Waals surface area contributed by atoms with Crippen LogP contribution in [0.5, 0.6) is 0 Å². The topological polar surface area (TPSA) is 35.6 Å². The van der Waals surface area contributed by atoms with E-state index in [-0.39, 0.29) is 5.91 Å². The van der Waals surface area contributed by atoms with E-state index in [9.17, 15) is 4.79 Å². The summed E-state index contributed by atoms with van der Waals surface area (Å²) >= 11 is 0. The summed E-state index contributed by atoms with van der Waals surface area (Å²) in [4.78, 5) is 17.0. The molecule has 0 spiro atoms. The smallest absolute Gasteiger partial charge is 0.224 e. The van der Waals surface area contributed by atoms with Crippen LogP contribution >= 0.6 is 0 Å². The van der Waals surface area contributed by atoms with Gasteiger partial charge in [0, 0.05) is 50.5 Å². The van der Waals surface area contributed by atoms with Gasteiger partial charge in [-0.05, 0) is 49.1 Å². The molecule has 1 N–H and O–H groups in total. The number of amides is 1. The lowest BCUT2D eigenvalue weighted by molar-refractivity contribution is -0.131. The van der Waals surface area contributed by atoms with Gasteiger partial charge in [0.2, 0.25) is 5.91 Å². The van der Waals surface area contributed by atoms with E-state index < -0.39 is 0 Å². The monoisotopic (exact) mass is 365 g/mol. The van der Waals surface area contributed by atoms with Crippen molar-refractivity contribution in [1.82, 2.24) is 4.90 Å². The first-order chi connectivity index (χ1) is 13.1. The summed E-state index contributed by atoms with van der Waals surface area (Å²) in [6.07, 6.45) is 1.54. The van der Waals surface area contributed by atoms with E-state index in [1.165, 1.54) is 28.1 Å². The van der Waals surface area contributed by atoms with Crippen LogP contribution in [-0.2, 0) is 11.2 Å². The molecule has 1 aliphatic rings. The van der Waals surface area contributed by atoms with E-state index >= 15 is 0 Å². The van der Waals surface area contributed by atoms with Crippen LogP contribution in [0.2, 0.25) is 0 Å². The standard InChI is InChI=1S/C23H31N3O/c1-4-20-9-6-8-19(3)23(20)24-12-11-22(27)26-15-13-25(14-16-26)21-10-5-7-18(2)17-21/h5-10,17,24H,4,11-16H2,1-3H3. The van der Waals surface area contributed by atoms with Gasteiger partial charge in [-0.15, -0.1) is 0 Å². The Balaban J connectivity index is 1.48. The fourth-order valence-electron chi connectivity index (χ4n) is 3.77. The molecule has 1 heterocycles. The quantitative estimate of drug-likeness (QED) is 0.840. The molecule has 0 radical (unpaired) electrons. The first kappa shape index (κ1) is 19.3. The molecule has 0 aromatic heterocycles. The number of nitrogens with zero attached hydrogens (tertiary/aromatic N) is 2. The Morgan fingerprint density at radius 1 is 1.04 bits per heavy atom. The van der Waals surface area contributed by atoms with Crippen LogP contribution in [0.3, 0.4) is 0 Å². The van der Waals surface area contributed by atoms with Gasteiger partial charge in [0.25, 0.3) is 0 Å². The molecular formula is C23H31N3O. The third-order valence-corrected chi connectivity index (χ3v) is 5.38. The van der Waals surface area contributed by atoms with Crippen molar-refractivity contribution in [3.05, 3.63) is 59.2 Å². The minimum Gasteiger partial charge on any atom is -0.384 e. The van der Waals surface area contributed by atoms with Gasteiger partial charge in [-0.3, -0.25) is 4.79 Å². The highest BCUT2D eigenvalue weighted by atomic mass is 16.2. The van der Waals surface area contributed by atoms with Crippen molar-refractivity contribution in [2.24, 2.45) is 0 Å². The number of para-hydroxylation sites is 1. The van der Waals surface area contributed by atoms with Crippen LogP contribution in [0.4, 0.5) is 11.4 Å². The average Bonchev–Trinajstić information content (AvgIpc) is 2.69. The van der Waals surface area contributed by atoms with Crippen molar-refractivity contribution in [3.8, 4) is 0 Å². The second-order valence-electron chi connectivity index (χ2n) is 7.35. The van der Waals surface area contributed by atoms with Crippen LogP contribution in [-0.4, -0.2) is 43.5 Å². The Kier molecular flexibility index (Phi) is 6.38. The molecule has 1 saturated heterocycles. The fourth-order valence-corrected chi connectivity index (χ4v) is 3.77. The zero-order valence-electron chi connectivity index (χ0n) is 16.8. The Morgan fingerprint density at radius 2 is 1.78 bits per heavy atom. The van der Waals surface area contributed by atoms with Gasteiger partial charge in [-0.2, -0.15) is 0 Å². The Bertz CT molecular complexity index is 779. The molecule has 1 fully saturated rings. The Hall–Kier alpha value is -2.49. The van der Waals surface area contributed by atoms with Gasteiger partial charge in [-0.25, -0.2) is 0 Å². The minimum atomic E-state index is 0.248. The molecule has 4 nitrogen and oxygen atoms in total. The SMILES string of the molecule is CCc1cccc(C)c1NCCC(=O)N1CCN(c2cccc(C)c2)CC1. The molecule has 0 aliphatic carbocycles. The molecule has 2 aromatic carbocycles. The van der Waals surface area contributed by atoms with Gasteiger partial charge in [-0.1, -0.05) is 37.3 Å². The first-order valence-electron chi connectivity index (χ1n) is 10.00. The zero-order valence-corrected chi connectivity index (χ0v) is 16.8. The van der Waals surface area contributed by atoms with E-state index in [2.05, 4.69) is 73.5 Å². The lowest BCUT2D eigenvalue weighted by atomic mass is 10.1. The van der Waals surface area contributed by atoms with Crippen LogP contribution < -0.4 is 10.2 Å². The molecule has 0 bridgehead atoms. The van der Waals surface area contributed by atoms with Crippen molar-refractivity contribution in [2.45, 2.75) is 33.6 Å². The molecule has 3 rings (SSSR count). The number of rotatable bonds is 6. The molecule has 0 unspecified atom stereocenters. The lowest BCUT2D eigenvalue weighted by Crippen LogP contribution is -2.49. The number of carbonyl (C=O) groups is 1. The van der Waals surface area contributed by atoms with E-state index in [0.29, 0.717) is 13.0 Å². The molecule has 1 amide bonds. The van der Waals surface area contributed by atoms with Crippen LogP contribution in [0.1, 0.15) is 30.0 Å². The summed E-state index contributed by atoms with van der Waals surface area (Å²) in [7, 11) is 0. The molecule has 27 heavy (non-hydrogen) atoms. The third-order valence-electron chi connectivity index (χ3n) is 5.38. The summed E-state index contributed by atoms with van der Waals surface area (Å²) in [5.41, 5.74) is 6.29. The van der Waals surface area contributed by atoms with Crippen molar-refractivity contribution in [3.63, 3.8) is 0 Å². The predicted octanol–water partition coefficient (Wildman–Crippen LogP) is 4.02. The highest BCUT2D eigenvalue weighted by Gasteiger charge is 2.21. The van der Waals surface area contributed by atoms with E-state index in [0.717, 1.165) is 32.6 Å². The van der Waals surface area contributed by atoms with Crippen molar-refractivity contribution < 1.29 is 4.79 Å². The van der Waals surface area contributed by atoms with Crippen molar-refractivity contribution in [2.75, 3.05) is 42.9 Å². The summed E-state index contributed by atoms with van der Waals surface area (Å²) < 4.78 is 0. The van der Waals surface area contributed by atoms with Crippen LogP contribution in [0.25, 0.3) is 0 Å². The van der Waals surface area contributed by atoms with E-state index in [1.807, 2.05) is 4.90 Å². The third kappa shape index (κ3) is 4.82. The highest BCUT2D eigenvalue weighted by molar-refractivity contribution is 5.77. The van der Waals surface area contributed by atoms with Gasteiger partial charge >= 0.3 is 0 Å². The van der Waals surface area contributed by atoms with Crippen LogP contribution in [0.15, 0.2) is 42.5 Å². The second kappa shape index (κ2) is 8.94.